The molecule has 1 fully saturated rings. The van der Waals surface area contributed by atoms with Crippen molar-refractivity contribution in [1.29, 1.82) is 0 Å². The molecule has 5 rings (SSSR count). The first-order valence-electron chi connectivity index (χ1n) is 14.0. The second-order valence-corrected chi connectivity index (χ2v) is 11.3. The zero-order valence-corrected chi connectivity index (χ0v) is 23.5. The Kier molecular flexibility index (Phi) is 8.29. The van der Waals surface area contributed by atoms with E-state index in [1.54, 1.807) is 12.1 Å². The Morgan fingerprint density at radius 2 is 1.45 bits per heavy atom. The third kappa shape index (κ3) is 6.75. The van der Waals surface area contributed by atoms with Crippen molar-refractivity contribution in [3.63, 3.8) is 0 Å². The van der Waals surface area contributed by atoms with Gasteiger partial charge < -0.3 is 15.1 Å². The number of carbonyl (C=O) groups excluding carboxylic acids is 1. The van der Waals surface area contributed by atoms with E-state index in [1.165, 1.54) is 34.5 Å². The highest BCUT2D eigenvalue weighted by Crippen LogP contribution is 2.39. The minimum absolute atomic E-state index is 0.0248. The van der Waals surface area contributed by atoms with Crippen LogP contribution < -0.4 is 10.2 Å². The minimum Gasteiger partial charge on any atom is -0.369 e. The number of piperazine rings is 1. The number of halogens is 6. The number of carbonyl (C=O) groups is 1. The smallest absolute Gasteiger partial charge is 0.369 e. The van der Waals surface area contributed by atoms with Gasteiger partial charge >= 0.3 is 12.4 Å². The molecule has 3 aromatic carbocycles. The second-order valence-electron chi connectivity index (χ2n) is 11.3. The van der Waals surface area contributed by atoms with Crippen LogP contribution in [0.15, 0.2) is 54.6 Å². The van der Waals surface area contributed by atoms with E-state index in [0.717, 1.165) is 45.4 Å². The molecule has 0 aromatic heterocycles. The predicted molar refractivity (Wildman–Crippen MR) is 150 cm³/mol. The maximum Gasteiger partial charge on any atom is 0.416 e. The monoisotopic (exact) mass is 589 g/mol. The Morgan fingerprint density at radius 3 is 2.05 bits per heavy atom. The van der Waals surface area contributed by atoms with Gasteiger partial charge in [-0.25, -0.2) is 0 Å². The minimum atomic E-state index is -4.92. The van der Waals surface area contributed by atoms with Gasteiger partial charge in [0, 0.05) is 37.9 Å². The van der Waals surface area contributed by atoms with Gasteiger partial charge in [-0.1, -0.05) is 30.3 Å². The Morgan fingerprint density at radius 1 is 0.833 bits per heavy atom. The van der Waals surface area contributed by atoms with Crippen molar-refractivity contribution in [1.82, 2.24) is 10.2 Å². The largest absolute Gasteiger partial charge is 0.416 e. The van der Waals surface area contributed by atoms with Crippen molar-refractivity contribution in [2.24, 2.45) is 0 Å². The molecule has 0 radical (unpaired) electrons. The molecule has 1 aliphatic heterocycles. The van der Waals surface area contributed by atoms with Crippen LogP contribution in [0.4, 0.5) is 32.0 Å². The van der Waals surface area contributed by atoms with Gasteiger partial charge in [0.1, 0.15) is 0 Å². The summed E-state index contributed by atoms with van der Waals surface area (Å²) in [6.45, 7) is 6.03. The van der Waals surface area contributed by atoms with Gasteiger partial charge in [-0.2, -0.15) is 26.3 Å². The van der Waals surface area contributed by atoms with Crippen LogP contribution in [-0.2, 0) is 36.4 Å². The summed E-state index contributed by atoms with van der Waals surface area (Å²) in [7, 11) is 2.12. The van der Waals surface area contributed by atoms with E-state index in [2.05, 4.69) is 41.2 Å². The fourth-order valence-electron chi connectivity index (χ4n) is 5.91. The van der Waals surface area contributed by atoms with E-state index in [1.807, 2.05) is 0 Å². The molecule has 3 aromatic rings. The normalized spacial score (nSPS) is 18.1. The molecule has 1 N–H and O–H groups in total. The highest BCUT2D eigenvalue weighted by Gasteiger charge is 2.37. The number of nitrogens with zero attached hydrogens (tertiary/aromatic N) is 2. The van der Waals surface area contributed by atoms with E-state index in [-0.39, 0.29) is 35.6 Å². The molecule has 0 spiro atoms. The van der Waals surface area contributed by atoms with Crippen molar-refractivity contribution in [3.05, 3.63) is 88.0 Å². The lowest BCUT2D eigenvalue weighted by Crippen LogP contribution is -2.45. The standard InChI is InChI=1S/C32H33F6N3O/c1-20-3-10-29(41-13-11-40(2)12-14-41)28-19-26(8-9-27(20)28)39-30(42)15-21-4-6-22(7-5-21)23-16-24(31(33,34)35)18-25(17-23)32(36,37)38/h3-7,10,16-18,26H,8-9,11-15,19H2,1-2H3,(H,39,42)/t26-/m0/s1. The summed E-state index contributed by atoms with van der Waals surface area (Å²) in [5.74, 6) is -0.177. The first-order chi connectivity index (χ1) is 19.8. The average Bonchev–Trinajstić information content (AvgIpc) is 2.93. The molecule has 0 unspecified atom stereocenters. The molecule has 1 heterocycles. The Hall–Kier alpha value is -3.53. The number of benzene rings is 3. The van der Waals surface area contributed by atoms with Crippen LogP contribution in [0.1, 0.15) is 39.8 Å². The molecule has 1 saturated heterocycles. The summed E-state index contributed by atoms with van der Waals surface area (Å²) in [5, 5.41) is 3.14. The van der Waals surface area contributed by atoms with Gasteiger partial charge in [0.05, 0.1) is 17.5 Å². The molecule has 0 saturated carbocycles. The topological polar surface area (TPSA) is 35.6 Å². The van der Waals surface area contributed by atoms with Crippen LogP contribution in [0, 0.1) is 6.92 Å². The summed E-state index contributed by atoms with van der Waals surface area (Å²) >= 11 is 0. The van der Waals surface area contributed by atoms with Gasteiger partial charge in [-0.15, -0.1) is 0 Å². The molecular weight excluding hydrogens is 556 g/mol. The highest BCUT2D eigenvalue weighted by molar-refractivity contribution is 5.79. The zero-order chi connectivity index (χ0) is 30.2. The molecular formula is C32H33F6N3O. The molecule has 42 heavy (non-hydrogen) atoms. The van der Waals surface area contributed by atoms with Gasteiger partial charge in [-0.05, 0) is 90.9 Å². The fraction of sp³-hybridized carbons (Fsp3) is 0.406. The van der Waals surface area contributed by atoms with Crippen molar-refractivity contribution in [2.45, 2.75) is 51.0 Å². The van der Waals surface area contributed by atoms with E-state index >= 15 is 0 Å². The molecule has 224 valence electrons. The van der Waals surface area contributed by atoms with Gasteiger partial charge in [0.15, 0.2) is 0 Å². The first kappa shape index (κ1) is 29.9. The third-order valence-corrected chi connectivity index (χ3v) is 8.28. The summed E-state index contributed by atoms with van der Waals surface area (Å²) < 4.78 is 79.6. The Balaban J connectivity index is 1.27. The van der Waals surface area contributed by atoms with Gasteiger partial charge in [-0.3, -0.25) is 4.79 Å². The van der Waals surface area contributed by atoms with E-state index in [9.17, 15) is 31.1 Å². The molecule has 4 nitrogen and oxygen atoms in total. The number of rotatable bonds is 5. The number of hydrogen-bond donors (Lipinski definition) is 1. The summed E-state index contributed by atoms with van der Waals surface area (Å²) in [6, 6.07) is 11.9. The zero-order valence-electron chi connectivity index (χ0n) is 23.5. The summed E-state index contributed by atoms with van der Waals surface area (Å²) in [6.07, 6.45) is -7.35. The number of fused-ring (bicyclic) bond motifs is 1. The van der Waals surface area contributed by atoms with Crippen LogP contribution in [-0.4, -0.2) is 50.1 Å². The second kappa shape index (κ2) is 11.6. The number of nitrogens with one attached hydrogen (secondary N) is 1. The van der Waals surface area contributed by atoms with Gasteiger partial charge in [0.25, 0.3) is 0 Å². The summed E-state index contributed by atoms with van der Waals surface area (Å²) in [5.41, 5.74) is 3.04. The molecule has 1 atom stereocenters. The fourth-order valence-corrected chi connectivity index (χ4v) is 5.91. The molecule has 1 amide bonds. The number of alkyl halides is 6. The lowest BCUT2D eigenvalue weighted by atomic mass is 9.84. The van der Waals surface area contributed by atoms with E-state index in [0.29, 0.717) is 17.7 Å². The SMILES string of the molecule is Cc1ccc(N2CCN(C)CC2)c2c1CC[C@H](NC(=O)Cc1ccc(-c3cc(C(F)(F)F)cc(C(F)(F)F)c3)cc1)C2. The van der Waals surface area contributed by atoms with Crippen molar-refractivity contribution < 1.29 is 31.1 Å². The van der Waals surface area contributed by atoms with E-state index in [4.69, 9.17) is 0 Å². The number of aryl methyl sites for hydroxylation is 1. The average molecular weight is 590 g/mol. The first-order valence-corrected chi connectivity index (χ1v) is 14.0. The molecule has 1 aliphatic carbocycles. The maximum atomic E-state index is 13.3. The number of anilines is 1. The van der Waals surface area contributed by atoms with Gasteiger partial charge in [0.2, 0.25) is 5.91 Å². The number of amides is 1. The number of likely N-dealkylation sites (N-methyl/N-ethyl adjacent to an activating group) is 1. The quantitative estimate of drug-likeness (QED) is 0.338. The maximum absolute atomic E-state index is 13.3. The van der Waals surface area contributed by atoms with E-state index < -0.39 is 23.5 Å². The van der Waals surface area contributed by atoms with Crippen molar-refractivity contribution in [2.75, 3.05) is 38.1 Å². The summed E-state index contributed by atoms with van der Waals surface area (Å²) in [4.78, 5) is 17.7. The van der Waals surface area contributed by atoms with Crippen LogP contribution in [0.5, 0.6) is 0 Å². The lowest BCUT2D eigenvalue weighted by Gasteiger charge is -2.37. The lowest BCUT2D eigenvalue weighted by molar-refractivity contribution is -0.143. The molecule has 2 aliphatic rings. The van der Waals surface area contributed by atoms with Crippen molar-refractivity contribution >= 4 is 11.6 Å². The highest BCUT2D eigenvalue weighted by atomic mass is 19.4. The molecule has 0 bridgehead atoms. The molecule has 10 heteroatoms. The number of hydrogen-bond acceptors (Lipinski definition) is 3. The van der Waals surface area contributed by atoms with Crippen molar-refractivity contribution in [3.8, 4) is 11.1 Å². The Bertz CT molecular complexity index is 1410. The van der Waals surface area contributed by atoms with Crippen LogP contribution >= 0.6 is 0 Å². The van der Waals surface area contributed by atoms with Crippen LogP contribution in [0.25, 0.3) is 11.1 Å². The van der Waals surface area contributed by atoms with Crippen LogP contribution in [0.2, 0.25) is 0 Å². The Labute approximate surface area is 241 Å². The third-order valence-electron chi connectivity index (χ3n) is 8.28. The predicted octanol–water partition coefficient (Wildman–Crippen LogP) is 6.67. The van der Waals surface area contributed by atoms with Crippen LogP contribution in [0.3, 0.4) is 0 Å².